The van der Waals surface area contributed by atoms with Crippen molar-refractivity contribution >= 4 is 28.3 Å². The number of carbonyl (C=O) groups excluding carboxylic acids is 1. The maximum absolute atomic E-state index is 13.0. The lowest BCUT2D eigenvalue weighted by Gasteiger charge is -2.13. The van der Waals surface area contributed by atoms with Crippen LogP contribution in [-0.4, -0.2) is 10.9 Å². The summed E-state index contributed by atoms with van der Waals surface area (Å²) in [6.45, 7) is 4.65. The van der Waals surface area contributed by atoms with Crippen molar-refractivity contribution in [1.82, 2.24) is 10.3 Å². The summed E-state index contributed by atoms with van der Waals surface area (Å²) in [6, 6.07) is 25.6. The van der Waals surface area contributed by atoms with Gasteiger partial charge in [0.2, 0.25) is 0 Å². The third-order valence-electron chi connectivity index (χ3n) is 5.04. The summed E-state index contributed by atoms with van der Waals surface area (Å²) in [5.41, 5.74) is 5.85. The Balaban J connectivity index is 1.65. The molecule has 1 heterocycles. The van der Waals surface area contributed by atoms with Gasteiger partial charge in [-0.2, -0.15) is 0 Å². The van der Waals surface area contributed by atoms with Crippen LogP contribution in [0.25, 0.3) is 10.9 Å². The molecule has 0 aliphatic heterocycles. The number of anilines is 2. The molecule has 0 fully saturated rings. The Labute approximate surface area is 170 Å². The highest BCUT2D eigenvalue weighted by molar-refractivity contribution is 6.07. The maximum Gasteiger partial charge on any atom is 0.252 e. The van der Waals surface area contributed by atoms with E-state index < -0.39 is 0 Å². The molecule has 0 saturated carbocycles. The van der Waals surface area contributed by atoms with Crippen LogP contribution in [-0.2, 0) is 6.54 Å². The number of amides is 1. The van der Waals surface area contributed by atoms with Crippen molar-refractivity contribution < 1.29 is 4.79 Å². The Morgan fingerprint density at radius 3 is 2.41 bits per heavy atom. The minimum absolute atomic E-state index is 0.115. The summed E-state index contributed by atoms with van der Waals surface area (Å²) in [5, 5.41) is 7.20. The second-order valence-electron chi connectivity index (χ2n) is 7.16. The predicted octanol–water partition coefficient (Wildman–Crippen LogP) is 5.53. The number of fused-ring (bicyclic) bond motifs is 1. The van der Waals surface area contributed by atoms with E-state index in [0.717, 1.165) is 22.2 Å². The van der Waals surface area contributed by atoms with Gasteiger partial charge in [0, 0.05) is 17.6 Å². The van der Waals surface area contributed by atoms with E-state index in [0.29, 0.717) is 17.9 Å². The number of nitrogens with one attached hydrogen (secondary N) is 2. The average Bonchev–Trinajstić information content (AvgIpc) is 2.75. The van der Waals surface area contributed by atoms with Crippen LogP contribution in [0.2, 0.25) is 0 Å². The van der Waals surface area contributed by atoms with Gasteiger partial charge in [-0.15, -0.1) is 0 Å². The van der Waals surface area contributed by atoms with Crippen LogP contribution in [0.3, 0.4) is 0 Å². The molecule has 4 heteroatoms. The average molecular weight is 381 g/mol. The summed E-state index contributed by atoms with van der Waals surface area (Å²) < 4.78 is 0. The largest absolute Gasteiger partial charge is 0.348 e. The molecule has 0 aliphatic rings. The number of aryl methyl sites for hydroxylation is 2. The van der Waals surface area contributed by atoms with E-state index in [-0.39, 0.29) is 5.91 Å². The van der Waals surface area contributed by atoms with E-state index in [2.05, 4.69) is 36.6 Å². The normalized spacial score (nSPS) is 10.7. The fourth-order valence-electron chi connectivity index (χ4n) is 3.27. The molecule has 0 saturated heterocycles. The molecule has 4 aromatic rings. The van der Waals surface area contributed by atoms with Crippen molar-refractivity contribution in [2.75, 3.05) is 5.32 Å². The van der Waals surface area contributed by atoms with Crippen LogP contribution >= 0.6 is 0 Å². The van der Waals surface area contributed by atoms with Gasteiger partial charge in [0.1, 0.15) is 5.82 Å². The highest BCUT2D eigenvalue weighted by atomic mass is 16.1. The molecule has 4 nitrogen and oxygen atoms in total. The molecule has 144 valence electrons. The first-order valence-corrected chi connectivity index (χ1v) is 9.66. The van der Waals surface area contributed by atoms with Gasteiger partial charge >= 0.3 is 0 Å². The van der Waals surface area contributed by atoms with Gasteiger partial charge in [0.25, 0.3) is 5.91 Å². The van der Waals surface area contributed by atoms with Gasteiger partial charge in [0.05, 0.1) is 11.1 Å². The van der Waals surface area contributed by atoms with Gasteiger partial charge in [0.15, 0.2) is 0 Å². The third kappa shape index (κ3) is 4.27. The first-order chi connectivity index (χ1) is 14.1. The minimum atomic E-state index is -0.115. The molecule has 0 bridgehead atoms. The Morgan fingerprint density at radius 2 is 1.62 bits per heavy atom. The van der Waals surface area contributed by atoms with E-state index in [4.69, 9.17) is 4.98 Å². The highest BCUT2D eigenvalue weighted by Gasteiger charge is 2.13. The van der Waals surface area contributed by atoms with Gasteiger partial charge in [-0.25, -0.2) is 4.98 Å². The number of rotatable bonds is 5. The highest BCUT2D eigenvalue weighted by Crippen LogP contribution is 2.24. The van der Waals surface area contributed by atoms with Crippen molar-refractivity contribution in [2.24, 2.45) is 0 Å². The van der Waals surface area contributed by atoms with Crippen LogP contribution in [0.4, 0.5) is 11.5 Å². The first-order valence-electron chi connectivity index (χ1n) is 9.66. The lowest BCUT2D eigenvalue weighted by atomic mass is 10.1. The SMILES string of the molecule is Cc1ccc(Nc2cc(C(=O)NCc3ccccc3)c3ccccc3n2)cc1C. The number of aromatic nitrogens is 1. The zero-order valence-electron chi connectivity index (χ0n) is 16.6. The molecule has 0 spiro atoms. The molecule has 1 aromatic heterocycles. The van der Waals surface area contributed by atoms with Gasteiger partial charge in [-0.3, -0.25) is 4.79 Å². The number of carbonyl (C=O) groups is 1. The molecular weight excluding hydrogens is 358 g/mol. The number of para-hydroxylation sites is 1. The lowest BCUT2D eigenvalue weighted by molar-refractivity contribution is 0.0952. The number of benzene rings is 3. The smallest absolute Gasteiger partial charge is 0.252 e. The molecule has 0 radical (unpaired) electrons. The Morgan fingerprint density at radius 1 is 0.862 bits per heavy atom. The van der Waals surface area contributed by atoms with Crippen LogP contribution in [0.15, 0.2) is 78.9 Å². The quantitative estimate of drug-likeness (QED) is 0.478. The summed E-state index contributed by atoms with van der Waals surface area (Å²) in [4.78, 5) is 17.7. The van der Waals surface area contributed by atoms with Gasteiger partial charge < -0.3 is 10.6 Å². The van der Waals surface area contributed by atoms with Crippen LogP contribution in [0, 0.1) is 13.8 Å². The predicted molar refractivity (Wildman–Crippen MR) is 119 cm³/mol. The van der Waals surface area contributed by atoms with Crippen LogP contribution in [0.5, 0.6) is 0 Å². The van der Waals surface area contributed by atoms with E-state index >= 15 is 0 Å². The van der Waals surface area contributed by atoms with Crippen LogP contribution in [0.1, 0.15) is 27.0 Å². The zero-order chi connectivity index (χ0) is 20.2. The van der Waals surface area contributed by atoms with Crippen molar-refractivity contribution in [2.45, 2.75) is 20.4 Å². The monoisotopic (exact) mass is 381 g/mol. The molecular formula is C25H23N3O. The van der Waals surface area contributed by atoms with E-state index in [1.54, 1.807) is 0 Å². The zero-order valence-corrected chi connectivity index (χ0v) is 16.6. The fourth-order valence-corrected chi connectivity index (χ4v) is 3.27. The molecule has 4 rings (SSSR count). The van der Waals surface area contributed by atoms with Gasteiger partial charge in [-0.05, 0) is 54.8 Å². The molecule has 0 atom stereocenters. The van der Waals surface area contributed by atoms with Crippen LogP contribution < -0.4 is 10.6 Å². The molecule has 0 unspecified atom stereocenters. The number of hydrogen-bond acceptors (Lipinski definition) is 3. The summed E-state index contributed by atoms with van der Waals surface area (Å²) in [6.07, 6.45) is 0. The van der Waals surface area contributed by atoms with Gasteiger partial charge in [-0.1, -0.05) is 54.6 Å². The number of nitrogens with zero attached hydrogens (tertiary/aromatic N) is 1. The lowest BCUT2D eigenvalue weighted by Crippen LogP contribution is -2.23. The van der Waals surface area contributed by atoms with E-state index in [1.807, 2.05) is 66.7 Å². The summed E-state index contributed by atoms with van der Waals surface area (Å²) in [7, 11) is 0. The van der Waals surface area contributed by atoms with Crippen molar-refractivity contribution in [3.05, 3.63) is 101 Å². The second-order valence-corrected chi connectivity index (χ2v) is 7.16. The molecule has 2 N–H and O–H groups in total. The van der Waals surface area contributed by atoms with Crippen molar-refractivity contribution in [1.29, 1.82) is 0 Å². The Hall–Kier alpha value is -3.66. The van der Waals surface area contributed by atoms with E-state index in [1.165, 1.54) is 11.1 Å². The Bertz CT molecular complexity index is 1170. The topological polar surface area (TPSA) is 54.0 Å². The van der Waals surface area contributed by atoms with E-state index in [9.17, 15) is 4.79 Å². The maximum atomic E-state index is 13.0. The molecule has 0 aliphatic carbocycles. The number of hydrogen-bond donors (Lipinski definition) is 2. The minimum Gasteiger partial charge on any atom is -0.348 e. The fraction of sp³-hybridized carbons (Fsp3) is 0.120. The van der Waals surface area contributed by atoms with Crippen molar-refractivity contribution in [3.8, 4) is 0 Å². The van der Waals surface area contributed by atoms with Crippen molar-refractivity contribution in [3.63, 3.8) is 0 Å². The molecule has 29 heavy (non-hydrogen) atoms. The standard InChI is InChI=1S/C25H23N3O/c1-17-12-13-20(14-18(17)2)27-24-15-22(21-10-6-7-11-23(21)28-24)25(29)26-16-19-8-4-3-5-9-19/h3-15H,16H2,1-2H3,(H,26,29)(H,27,28). The summed E-state index contributed by atoms with van der Waals surface area (Å²) >= 11 is 0. The third-order valence-corrected chi connectivity index (χ3v) is 5.04. The molecule has 3 aromatic carbocycles. The number of pyridine rings is 1. The summed E-state index contributed by atoms with van der Waals surface area (Å²) in [5.74, 6) is 0.535. The second kappa shape index (κ2) is 8.15. The molecule has 1 amide bonds. The first kappa shape index (κ1) is 18.7. The Kier molecular flexibility index (Phi) is 5.25.